The van der Waals surface area contributed by atoms with Crippen LogP contribution in [0.1, 0.15) is 32.1 Å². The Morgan fingerprint density at radius 1 is 1.50 bits per heavy atom. The highest BCUT2D eigenvalue weighted by molar-refractivity contribution is 5.05. The molecule has 0 aromatic heterocycles. The highest BCUT2D eigenvalue weighted by atomic mass is 14.8. The van der Waals surface area contributed by atoms with Crippen LogP contribution in [0.5, 0.6) is 0 Å². The maximum absolute atomic E-state index is 3.67. The molecule has 1 rings (SSSR count). The third-order valence-electron chi connectivity index (χ3n) is 2.30. The summed E-state index contributed by atoms with van der Waals surface area (Å²) in [6, 6.07) is 0. The second-order valence-electron chi connectivity index (χ2n) is 3.35. The summed E-state index contributed by atoms with van der Waals surface area (Å²) in [5.41, 5.74) is 1.65. The Kier molecular flexibility index (Phi) is 4.77. The van der Waals surface area contributed by atoms with Crippen molar-refractivity contribution in [3.05, 3.63) is 24.3 Å². The fourth-order valence-electron chi connectivity index (χ4n) is 1.58. The molecule has 0 aliphatic heterocycles. The lowest BCUT2D eigenvalue weighted by atomic mass is 9.97. The van der Waals surface area contributed by atoms with Crippen molar-refractivity contribution in [2.24, 2.45) is 0 Å². The van der Waals surface area contributed by atoms with Gasteiger partial charge in [0.05, 0.1) is 0 Å². The summed E-state index contributed by atoms with van der Waals surface area (Å²) in [5.74, 6) is 0. The van der Waals surface area contributed by atoms with Gasteiger partial charge in [0.2, 0.25) is 0 Å². The summed E-state index contributed by atoms with van der Waals surface area (Å²) in [6.45, 7) is 5.71. The van der Waals surface area contributed by atoms with Crippen LogP contribution < -0.4 is 5.32 Å². The van der Waals surface area contributed by atoms with Gasteiger partial charge in [-0.2, -0.15) is 0 Å². The zero-order chi connectivity index (χ0) is 8.65. The summed E-state index contributed by atoms with van der Waals surface area (Å²) in [7, 11) is 0. The van der Waals surface area contributed by atoms with Crippen molar-refractivity contribution < 1.29 is 0 Å². The molecule has 0 fully saturated rings. The second kappa shape index (κ2) is 6.01. The molecule has 1 aliphatic rings. The Labute approximate surface area is 75.6 Å². The quantitative estimate of drug-likeness (QED) is 0.488. The molecular weight excluding hydrogens is 146 g/mol. The number of hydrogen-bond acceptors (Lipinski definition) is 1. The van der Waals surface area contributed by atoms with Gasteiger partial charge in [-0.3, -0.25) is 0 Å². The number of allylic oxidation sites excluding steroid dienone is 1. The highest BCUT2D eigenvalue weighted by Gasteiger charge is 2.01. The average molecular weight is 165 g/mol. The summed E-state index contributed by atoms with van der Waals surface area (Å²) >= 11 is 0. The van der Waals surface area contributed by atoms with E-state index < -0.39 is 0 Å². The predicted octanol–water partition coefficient (Wildman–Crippen LogP) is 2.65. The molecule has 0 saturated carbocycles. The molecule has 1 N–H and O–H groups in total. The SMILES string of the molecule is C=CCNCCC1=CCCCC1. The van der Waals surface area contributed by atoms with E-state index in [1.807, 2.05) is 6.08 Å². The van der Waals surface area contributed by atoms with Gasteiger partial charge in [0.15, 0.2) is 0 Å². The minimum atomic E-state index is 0.938. The van der Waals surface area contributed by atoms with Gasteiger partial charge in [-0.1, -0.05) is 17.7 Å². The fourth-order valence-corrected chi connectivity index (χ4v) is 1.58. The average Bonchev–Trinajstić information content (AvgIpc) is 2.14. The van der Waals surface area contributed by atoms with Crippen LogP contribution in [0.25, 0.3) is 0 Å². The van der Waals surface area contributed by atoms with E-state index in [1.165, 1.54) is 32.1 Å². The maximum Gasteiger partial charge on any atom is 0.0132 e. The third-order valence-corrected chi connectivity index (χ3v) is 2.30. The zero-order valence-corrected chi connectivity index (χ0v) is 7.81. The van der Waals surface area contributed by atoms with Crippen molar-refractivity contribution >= 4 is 0 Å². The van der Waals surface area contributed by atoms with Gasteiger partial charge in [-0.05, 0) is 38.6 Å². The molecule has 0 aromatic rings. The molecule has 0 bridgehead atoms. The van der Waals surface area contributed by atoms with Crippen LogP contribution >= 0.6 is 0 Å². The molecule has 0 spiro atoms. The minimum Gasteiger partial charge on any atom is -0.313 e. The smallest absolute Gasteiger partial charge is 0.0132 e. The van der Waals surface area contributed by atoms with Gasteiger partial charge in [-0.15, -0.1) is 6.58 Å². The van der Waals surface area contributed by atoms with E-state index in [0.717, 1.165) is 13.1 Å². The normalized spacial score (nSPS) is 17.2. The molecule has 1 heteroatoms. The van der Waals surface area contributed by atoms with E-state index in [0.29, 0.717) is 0 Å². The van der Waals surface area contributed by atoms with E-state index in [9.17, 15) is 0 Å². The van der Waals surface area contributed by atoms with Crippen molar-refractivity contribution in [2.75, 3.05) is 13.1 Å². The Balaban J connectivity index is 2.05. The Hall–Kier alpha value is -0.560. The summed E-state index contributed by atoms with van der Waals surface area (Å²) in [6.07, 6.45) is 11.0. The van der Waals surface area contributed by atoms with Gasteiger partial charge in [0.25, 0.3) is 0 Å². The molecule has 0 heterocycles. The number of hydrogen-bond donors (Lipinski definition) is 1. The number of nitrogens with one attached hydrogen (secondary N) is 1. The van der Waals surface area contributed by atoms with Crippen molar-refractivity contribution in [3.63, 3.8) is 0 Å². The van der Waals surface area contributed by atoms with Crippen LogP contribution in [0.15, 0.2) is 24.3 Å². The van der Waals surface area contributed by atoms with E-state index in [-0.39, 0.29) is 0 Å². The Morgan fingerprint density at radius 2 is 2.42 bits per heavy atom. The topological polar surface area (TPSA) is 12.0 Å². The van der Waals surface area contributed by atoms with Crippen molar-refractivity contribution in [3.8, 4) is 0 Å². The monoisotopic (exact) mass is 165 g/mol. The van der Waals surface area contributed by atoms with Gasteiger partial charge >= 0.3 is 0 Å². The van der Waals surface area contributed by atoms with Crippen molar-refractivity contribution in [1.29, 1.82) is 0 Å². The minimum absolute atomic E-state index is 0.938. The molecule has 0 saturated heterocycles. The molecule has 0 unspecified atom stereocenters. The van der Waals surface area contributed by atoms with Gasteiger partial charge in [0, 0.05) is 6.54 Å². The lowest BCUT2D eigenvalue weighted by Gasteiger charge is -2.12. The van der Waals surface area contributed by atoms with Gasteiger partial charge in [-0.25, -0.2) is 0 Å². The summed E-state index contributed by atoms with van der Waals surface area (Å²) in [5, 5.41) is 3.32. The Morgan fingerprint density at radius 3 is 3.08 bits per heavy atom. The van der Waals surface area contributed by atoms with Crippen molar-refractivity contribution in [1.82, 2.24) is 5.32 Å². The van der Waals surface area contributed by atoms with Crippen LogP contribution in [0.2, 0.25) is 0 Å². The predicted molar refractivity (Wildman–Crippen MR) is 54.2 cm³/mol. The summed E-state index contributed by atoms with van der Waals surface area (Å²) < 4.78 is 0. The molecule has 0 amide bonds. The van der Waals surface area contributed by atoms with Crippen LogP contribution in [0.4, 0.5) is 0 Å². The summed E-state index contributed by atoms with van der Waals surface area (Å²) in [4.78, 5) is 0. The van der Waals surface area contributed by atoms with E-state index in [4.69, 9.17) is 0 Å². The molecule has 1 aliphatic carbocycles. The Bertz CT molecular complexity index is 158. The van der Waals surface area contributed by atoms with Crippen molar-refractivity contribution in [2.45, 2.75) is 32.1 Å². The molecule has 0 aromatic carbocycles. The van der Waals surface area contributed by atoms with Crippen LogP contribution in [0, 0.1) is 0 Å². The molecule has 68 valence electrons. The highest BCUT2D eigenvalue weighted by Crippen LogP contribution is 2.19. The molecule has 0 radical (unpaired) electrons. The van der Waals surface area contributed by atoms with E-state index in [1.54, 1.807) is 5.57 Å². The fraction of sp³-hybridized carbons (Fsp3) is 0.636. The van der Waals surface area contributed by atoms with E-state index in [2.05, 4.69) is 18.0 Å². The first kappa shape index (κ1) is 9.53. The molecule has 1 nitrogen and oxygen atoms in total. The van der Waals surface area contributed by atoms with Gasteiger partial charge < -0.3 is 5.32 Å². The molecule has 0 atom stereocenters. The first-order valence-corrected chi connectivity index (χ1v) is 4.93. The molecule has 12 heavy (non-hydrogen) atoms. The van der Waals surface area contributed by atoms with Crippen LogP contribution in [-0.2, 0) is 0 Å². The third kappa shape index (κ3) is 3.72. The standard InChI is InChI=1S/C11H19N/c1-2-9-12-10-8-11-6-4-3-5-7-11/h2,6,12H,1,3-5,7-10H2. The lowest BCUT2D eigenvalue weighted by molar-refractivity contribution is 0.651. The lowest BCUT2D eigenvalue weighted by Crippen LogP contribution is -2.15. The van der Waals surface area contributed by atoms with E-state index >= 15 is 0 Å². The van der Waals surface area contributed by atoms with Crippen LogP contribution in [-0.4, -0.2) is 13.1 Å². The number of rotatable bonds is 5. The second-order valence-corrected chi connectivity index (χ2v) is 3.35. The molecular formula is C11H19N. The largest absolute Gasteiger partial charge is 0.313 e. The first-order chi connectivity index (χ1) is 5.93. The first-order valence-electron chi connectivity index (χ1n) is 4.93. The zero-order valence-electron chi connectivity index (χ0n) is 7.81. The maximum atomic E-state index is 3.67. The van der Waals surface area contributed by atoms with Crippen LogP contribution in [0.3, 0.4) is 0 Å². The van der Waals surface area contributed by atoms with Gasteiger partial charge in [0.1, 0.15) is 0 Å².